The van der Waals surface area contributed by atoms with Crippen molar-refractivity contribution in [2.24, 2.45) is 0 Å². The molecule has 2 N–H and O–H groups in total. The predicted octanol–water partition coefficient (Wildman–Crippen LogP) is 2.57. The molecule has 3 aromatic rings. The number of nitrogens with zero attached hydrogens (tertiary/aromatic N) is 6. The summed E-state index contributed by atoms with van der Waals surface area (Å²) < 4.78 is 13.7. The Kier molecular flexibility index (Phi) is 9.28. The van der Waals surface area contributed by atoms with Gasteiger partial charge in [-0.25, -0.2) is 15.0 Å². The molecule has 0 atom stereocenters. The predicted molar refractivity (Wildman–Crippen MR) is 145 cm³/mol. The van der Waals surface area contributed by atoms with Crippen LogP contribution in [0.5, 0.6) is 11.5 Å². The van der Waals surface area contributed by atoms with E-state index in [0.29, 0.717) is 23.2 Å². The smallest absolute Gasteiger partial charge is 0.225 e. The largest absolute Gasteiger partial charge is 0.493 e. The molecule has 0 saturated carbocycles. The van der Waals surface area contributed by atoms with Gasteiger partial charge in [0.2, 0.25) is 5.95 Å². The lowest BCUT2D eigenvalue weighted by Gasteiger charge is -2.34. The second-order valence-corrected chi connectivity index (χ2v) is 8.96. The Hall–Kier alpha value is -3.44. The highest BCUT2D eigenvalue weighted by molar-refractivity contribution is 7.80. The summed E-state index contributed by atoms with van der Waals surface area (Å²) in [6.07, 6.45) is 8.23. The third-order valence-electron chi connectivity index (χ3n) is 6.08. The van der Waals surface area contributed by atoms with E-state index < -0.39 is 0 Å². The lowest BCUT2D eigenvalue weighted by atomic mass is 10.2. The van der Waals surface area contributed by atoms with E-state index in [4.69, 9.17) is 21.7 Å². The van der Waals surface area contributed by atoms with Gasteiger partial charge in [0.1, 0.15) is 6.61 Å². The van der Waals surface area contributed by atoms with E-state index in [1.54, 1.807) is 19.5 Å². The van der Waals surface area contributed by atoms with Crippen molar-refractivity contribution in [3.8, 4) is 11.5 Å². The zero-order valence-electron chi connectivity index (χ0n) is 20.9. The van der Waals surface area contributed by atoms with E-state index >= 15 is 0 Å². The highest BCUT2D eigenvalue weighted by Gasteiger charge is 2.18. The molecule has 1 fully saturated rings. The minimum atomic E-state index is 0.577. The van der Waals surface area contributed by atoms with Gasteiger partial charge in [-0.15, -0.1) is 0 Å². The van der Waals surface area contributed by atoms with E-state index in [-0.39, 0.29) is 0 Å². The van der Waals surface area contributed by atoms with Gasteiger partial charge in [0.25, 0.3) is 0 Å². The molecule has 0 unspecified atom stereocenters. The lowest BCUT2D eigenvalue weighted by Crippen LogP contribution is -2.48. The molecule has 2 aromatic heterocycles. The van der Waals surface area contributed by atoms with Crippen molar-refractivity contribution in [3.05, 3.63) is 54.9 Å². The summed E-state index contributed by atoms with van der Waals surface area (Å²) in [5.41, 5.74) is 2.01. The van der Waals surface area contributed by atoms with Crippen molar-refractivity contribution in [1.29, 1.82) is 0 Å². The van der Waals surface area contributed by atoms with Crippen LogP contribution in [-0.4, -0.2) is 82.5 Å². The summed E-state index contributed by atoms with van der Waals surface area (Å²) in [5, 5.41) is 7.04. The molecule has 11 heteroatoms. The minimum absolute atomic E-state index is 0.577. The molecule has 1 aliphatic rings. The monoisotopic (exact) mass is 510 g/mol. The van der Waals surface area contributed by atoms with Crippen molar-refractivity contribution in [1.82, 2.24) is 29.7 Å². The van der Waals surface area contributed by atoms with Gasteiger partial charge in [-0.3, -0.25) is 4.90 Å². The van der Waals surface area contributed by atoms with E-state index in [1.807, 2.05) is 36.8 Å². The first kappa shape index (κ1) is 25.6. The Morgan fingerprint density at radius 1 is 1.08 bits per heavy atom. The van der Waals surface area contributed by atoms with Crippen molar-refractivity contribution in [2.75, 3.05) is 63.2 Å². The number of ether oxygens (including phenoxy) is 2. The maximum atomic E-state index is 6.04. The molecule has 10 nitrogen and oxygen atoms in total. The van der Waals surface area contributed by atoms with Crippen molar-refractivity contribution in [3.63, 3.8) is 0 Å². The van der Waals surface area contributed by atoms with Crippen LogP contribution in [0.3, 0.4) is 0 Å². The number of benzene rings is 1. The van der Waals surface area contributed by atoms with Crippen LogP contribution in [0.4, 0.5) is 11.6 Å². The zero-order valence-corrected chi connectivity index (χ0v) is 21.7. The first-order valence-corrected chi connectivity index (χ1v) is 12.6. The lowest BCUT2D eigenvalue weighted by molar-refractivity contribution is 0.196. The van der Waals surface area contributed by atoms with E-state index in [0.717, 1.165) is 69.6 Å². The minimum Gasteiger partial charge on any atom is -0.493 e. The normalized spacial score (nSPS) is 13.9. The molecule has 3 heterocycles. The Bertz CT molecular complexity index is 1100. The van der Waals surface area contributed by atoms with Gasteiger partial charge in [0, 0.05) is 81.9 Å². The average Bonchev–Trinajstić information content (AvgIpc) is 3.32. The molecule has 192 valence electrons. The number of thiocarbonyl (C=S) groups is 1. The molecule has 0 amide bonds. The SMILES string of the molecule is COc1cc(NC(=S)NCCCn2cncc2C)ccc1OCCN1CCN(c2ncccn2)CC1. The Labute approximate surface area is 217 Å². The topological polar surface area (TPSA) is 92.6 Å². The fourth-order valence-corrected chi connectivity index (χ4v) is 4.24. The van der Waals surface area contributed by atoms with Gasteiger partial charge in [0.15, 0.2) is 16.6 Å². The number of hydrogen-bond donors (Lipinski definition) is 2. The van der Waals surface area contributed by atoms with E-state index in [2.05, 4.69) is 46.9 Å². The zero-order chi connectivity index (χ0) is 25.2. The van der Waals surface area contributed by atoms with E-state index in [9.17, 15) is 0 Å². The van der Waals surface area contributed by atoms with Crippen LogP contribution in [0, 0.1) is 6.92 Å². The molecule has 1 saturated heterocycles. The molecular formula is C25H34N8O2S. The molecular weight excluding hydrogens is 476 g/mol. The molecule has 36 heavy (non-hydrogen) atoms. The van der Waals surface area contributed by atoms with Crippen LogP contribution in [0.1, 0.15) is 12.1 Å². The first-order chi connectivity index (χ1) is 17.6. The number of methoxy groups -OCH3 is 1. The van der Waals surface area contributed by atoms with Crippen LogP contribution < -0.4 is 25.0 Å². The molecule has 0 spiro atoms. The van der Waals surface area contributed by atoms with Crippen LogP contribution in [0.2, 0.25) is 0 Å². The van der Waals surface area contributed by atoms with Crippen molar-refractivity contribution >= 4 is 29.0 Å². The second-order valence-electron chi connectivity index (χ2n) is 8.55. The molecule has 4 rings (SSSR count). The van der Waals surface area contributed by atoms with Crippen LogP contribution in [0.15, 0.2) is 49.2 Å². The number of piperazine rings is 1. The Balaban J connectivity index is 1.16. The summed E-state index contributed by atoms with van der Waals surface area (Å²) in [5.74, 6) is 2.18. The van der Waals surface area contributed by atoms with E-state index in [1.165, 1.54) is 0 Å². The third kappa shape index (κ3) is 7.28. The highest BCUT2D eigenvalue weighted by atomic mass is 32.1. The van der Waals surface area contributed by atoms with Gasteiger partial charge in [-0.2, -0.15) is 0 Å². The number of hydrogen-bond acceptors (Lipinski definition) is 8. The molecule has 0 aliphatic carbocycles. The first-order valence-electron chi connectivity index (χ1n) is 12.2. The Morgan fingerprint density at radius 3 is 2.61 bits per heavy atom. The summed E-state index contributed by atoms with van der Waals surface area (Å²) in [4.78, 5) is 17.4. The summed E-state index contributed by atoms with van der Waals surface area (Å²) in [6, 6.07) is 7.60. The summed E-state index contributed by atoms with van der Waals surface area (Å²) in [7, 11) is 1.64. The highest BCUT2D eigenvalue weighted by Crippen LogP contribution is 2.30. The van der Waals surface area contributed by atoms with Gasteiger partial charge in [-0.05, 0) is 43.8 Å². The summed E-state index contributed by atoms with van der Waals surface area (Å²) in [6.45, 7) is 8.88. The third-order valence-corrected chi connectivity index (χ3v) is 6.32. The number of nitrogens with one attached hydrogen (secondary N) is 2. The number of rotatable bonds is 11. The average molecular weight is 511 g/mol. The quantitative estimate of drug-likeness (QED) is 0.296. The van der Waals surface area contributed by atoms with Gasteiger partial charge >= 0.3 is 0 Å². The Morgan fingerprint density at radius 2 is 1.89 bits per heavy atom. The molecule has 1 aromatic carbocycles. The standard InChI is InChI=1S/C25H34N8O2S/c1-20-18-26-19-33(20)10-4-9-29-25(36)30-21-5-6-22(23(17-21)34-2)35-16-15-31-11-13-32(14-12-31)24-27-7-3-8-28-24/h3,5-8,17-19H,4,9-16H2,1-2H3,(H2,29,30,36). The molecule has 1 aliphatic heterocycles. The number of aromatic nitrogens is 4. The molecule has 0 bridgehead atoms. The number of aryl methyl sites for hydroxylation is 2. The van der Waals surface area contributed by atoms with Crippen LogP contribution in [-0.2, 0) is 6.54 Å². The number of imidazole rings is 1. The molecule has 0 radical (unpaired) electrons. The van der Waals surface area contributed by atoms with Gasteiger partial charge in [0.05, 0.1) is 13.4 Å². The van der Waals surface area contributed by atoms with Crippen LogP contribution in [0.25, 0.3) is 0 Å². The van der Waals surface area contributed by atoms with Crippen molar-refractivity contribution in [2.45, 2.75) is 19.9 Å². The maximum absolute atomic E-state index is 6.04. The maximum Gasteiger partial charge on any atom is 0.225 e. The van der Waals surface area contributed by atoms with Crippen molar-refractivity contribution < 1.29 is 9.47 Å². The van der Waals surface area contributed by atoms with Gasteiger partial charge in [-0.1, -0.05) is 0 Å². The fraction of sp³-hybridized carbons (Fsp3) is 0.440. The fourth-order valence-electron chi connectivity index (χ4n) is 4.02. The van der Waals surface area contributed by atoms with Crippen LogP contribution >= 0.6 is 12.2 Å². The van der Waals surface area contributed by atoms with Gasteiger partial charge < -0.3 is 29.6 Å². The number of anilines is 2. The summed E-state index contributed by atoms with van der Waals surface area (Å²) >= 11 is 5.44. The second kappa shape index (κ2) is 13.0.